The van der Waals surface area contributed by atoms with E-state index >= 15 is 0 Å². The topological polar surface area (TPSA) is 33.5 Å². The summed E-state index contributed by atoms with van der Waals surface area (Å²) in [6, 6.07) is 7.71. The molecule has 3 nitrogen and oxygen atoms in total. The van der Waals surface area contributed by atoms with Crippen LogP contribution in [-0.2, 0) is 0 Å². The van der Waals surface area contributed by atoms with Crippen LogP contribution in [0.1, 0.15) is 24.2 Å². The Hall–Kier alpha value is -1.26. The third kappa shape index (κ3) is 2.76. The molecule has 2 heterocycles. The molecule has 0 amide bonds. The minimum atomic E-state index is 0.154. The molecule has 4 heteroatoms. The van der Waals surface area contributed by atoms with E-state index in [1.807, 2.05) is 36.0 Å². The van der Waals surface area contributed by atoms with Crippen molar-refractivity contribution in [2.24, 2.45) is 0 Å². The number of thioether (sulfide) groups is 1. The van der Waals surface area contributed by atoms with Crippen LogP contribution in [0.25, 0.3) is 11.0 Å². The molecule has 1 aliphatic heterocycles. The lowest BCUT2D eigenvalue weighted by atomic mass is 10.1. The molecule has 106 valence electrons. The summed E-state index contributed by atoms with van der Waals surface area (Å²) in [7, 11) is 0. The molecule has 3 rings (SSSR count). The Morgan fingerprint density at radius 3 is 2.75 bits per heavy atom. The molecule has 1 saturated heterocycles. The van der Waals surface area contributed by atoms with Gasteiger partial charge in [-0.3, -0.25) is 9.69 Å². The van der Waals surface area contributed by atoms with Crippen LogP contribution < -0.4 is 0 Å². The lowest BCUT2D eigenvalue weighted by Gasteiger charge is -2.33. The summed E-state index contributed by atoms with van der Waals surface area (Å²) in [5.41, 5.74) is 1.49. The minimum Gasteiger partial charge on any atom is -0.464 e. The van der Waals surface area contributed by atoms with Crippen LogP contribution in [0.3, 0.4) is 0 Å². The second-order valence-electron chi connectivity index (χ2n) is 5.52. The maximum Gasteiger partial charge on any atom is 0.180 e. The number of Topliss-reactive ketones (excluding diaryl/α,β-unsaturated/α-hetero) is 1. The predicted molar refractivity (Wildman–Crippen MR) is 83.5 cm³/mol. The van der Waals surface area contributed by atoms with E-state index in [-0.39, 0.29) is 5.78 Å². The van der Waals surface area contributed by atoms with Gasteiger partial charge in [-0.2, -0.15) is 11.8 Å². The predicted octanol–water partition coefficient (Wildman–Crippen LogP) is 3.44. The second kappa shape index (κ2) is 5.62. The molecule has 2 unspecified atom stereocenters. The van der Waals surface area contributed by atoms with Crippen molar-refractivity contribution in [2.75, 3.05) is 19.6 Å². The molecular formula is C16H19NO2S. The zero-order valence-corrected chi connectivity index (χ0v) is 12.7. The minimum absolute atomic E-state index is 0.154. The molecule has 0 spiro atoms. The maximum absolute atomic E-state index is 12.5. The number of rotatable bonds is 3. The molecule has 1 aromatic carbocycles. The van der Waals surface area contributed by atoms with Crippen LogP contribution in [0.2, 0.25) is 0 Å². The van der Waals surface area contributed by atoms with Gasteiger partial charge in [-0.1, -0.05) is 32.0 Å². The van der Waals surface area contributed by atoms with Crippen LogP contribution in [0.4, 0.5) is 0 Å². The molecule has 0 saturated carbocycles. The smallest absolute Gasteiger partial charge is 0.180 e. The molecule has 0 N–H and O–H groups in total. The quantitative estimate of drug-likeness (QED) is 0.811. The highest BCUT2D eigenvalue weighted by atomic mass is 32.2. The normalized spacial score (nSPS) is 24.1. The standard InChI is InChI=1S/C16H19NO2S/c1-11-7-17(8-12(2)20-11)9-15(18)14-10-19-16-6-4-3-5-13(14)16/h3-6,10-12H,7-9H2,1-2H3. The van der Waals surface area contributed by atoms with Crippen molar-refractivity contribution in [2.45, 2.75) is 24.3 Å². The highest BCUT2D eigenvalue weighted by Gasteiger charge is 2.25. The Labute approximate surface area is 123 Å². The summed E-state index contributed by atoms with van der Waals surface area (Å²) in [6.07, 6.45) is 1.60. The lowest BCUT2D eigenvalue weighted by molar-refractivity contribution is 0.0930. The van der Waals surface area contributed by atoms with Crippen LogP contribution in [-0.4, -0.2) is 40.8 Å². The monoisotopic (exact) mass is 289 g/mol. The average Bonchev–Trinajstić information content (AvgIpc) is 2.81. The molecule has 2 aromatic rings. The number of carbonyl (C=O) groups excluding carboxylic acids is 1. The maximum atomic E-state index is 12.5. The van der Waals surface area contributed by atoms with Crippen LogP contribution in [0, 0.1) is 0 Å². The number of ketones is 1. The first-order chi connectivity index (χ1) is 9.63. The Balaban J connectivity index is 1.76. The summed E-state index contributed by atoms with van der Waals surface area (Å²) in [6.45, 7) is 6.90. The first kappa shape index (κ1) is 13.7. The van der Waals surface area contributed by atoms with Gasteiger partial charge < -0.3 is 4.42 Å². The number of benzene rings is 1. The van der Waals surface area contributed by atoms with Crippen molar-refractivity contribution >= 4 is 28.5 Å². The lowest BCUT2D eigenvalue weighted by Crippen LogP contribution is -2.42. The van der Waals surface area contributed by atoms with Gasteiger partial charge in [-0.15, -0.1) is 0 Å². The summed E-state index contributed by atoms with van der Waals surface area (Å²) in [5.74, 6) is 0.154. The van der Waals surface area contributed by atoms with Crippen LogP contribution in [0.5, 0.6) is 0 Å². The van der Waals surface area contributed by atoms with Gasteiger partial charge in [0, 0.05) is 29.0 Å². The molecule has 20 heavy (non-hydrogen) atoms. The van der Waals surface area contributed by atoms with E-state index in [2.05, 4.69) is 18.7 Å². The van der Waals surface area contributed by atoms with E-state index in [9.17, 15) is 4.79 Å². The van der Waals surface area contributed by atoms with Crippen molar-refractivity contribution in [3.63, 3.8) is 0 Å². The molecule has 1 aromatic heterocycles. The fourth-order valence-corrected chi connectivity index (χ4v) is 4.28. The van der Waals surface area contributed by atoms with Crippen molar-refractivity contribution in [1.82, 2.24) is 4.90 Å². The molecule has 0 aliphatic carbocycles. The highest BCUT2D eigenvalue weighted by molar-refractivity contribution is 8.00. The first-order valence-electron chi connectivity index (χ1n) is 7.00. The number of hydrogen-bond acceptors (Lipinski definition) is 4. The van der Waals surface area contributed by atoms with E-state index in [0.717, 1.165) is 24.1 Å². The number of fused-ring (bicyclic) bond motifs is 1. The summed E-state index contributed by atoms with van der Waals surface area (Å²) in [4.78, 5) is 14.8. The van der Waals surface area contributed by atoms with E-state index in [1.54, 1.807) is 6.26 Å². The Morgan fingerprint density at radius 2 is 2.00 bits per heavy atom. The van der Waals surface area contributed by atoms with Crippen LogP contribution in [0.15, 0.2) is 34.9 Å². The van der Waals surface area contributed by atoms with Crippen molar-refractivity contribution in [1.29, 1.82) is 0 Å². The van der Waals surface area contributed by atoms with Gasteiger partial charge in [-0.05, 0) is 6.07 Å². The van der Waals surface area contributed by atoms with Gasteiger partial charge in [0.2, 0.25) is 0 Å². The third-order valence-corrected chi connectivity index (χ3v) is 4.87. The summed E-state index contributed by atoms with van der Waals surface area (Å²) >= 11 is 2.00. The largest absolute Gasteiger partial charge is 0.464 e. The fourth-order valence-electron chi connectivity index (χ4n) is 2.90. The Morgan fingerprint density at radius 1 is 1.30 bits per heavy atom. The summed E-state index contributed by atoms with van der Waals surface area (Å²) in [5, 5.41) is 2.10. The van der Waals surface area contributed by atoms with Gasteiger partial charge in [-0.25, -0.2) is 0 Å². The van der Waals surface area contributed by atoms with Gasteiger partial charge in [0.25, 0.3) is 0 Å². The number of nitrogens with zero attached hydrogens (tertiary/aromatic N) is 1. The van der Waals surface area contributed by atoms with E-state index in [4.69, 9.17) is 4.42 Å². The number of para-hydroxylation sites is 1. The van der Waals surface area contributed by atoms with Gasteiger partial charge >= 0.3 is 0 Å². The van der Waals surface area contributed by atoms with Crippen LogP contribution >= 0.6 is 11.8 Å². The SMILES string of the molecule is CC1CN(CC(=O)c2coc3ccccc23)CC(C)S1. The van der Waals surface area contributed by atoms with E-state index in [1.165, 1.54) is 0 Å². The van der Waals surface area contributed by atoms with E-state index in [0.29, 0.717) is 22.6 Å². The zero-order chi connectivity index (χ0) is 14.1. The summed E-state index contributed by atoms with van der Waals surface area (Å²) < 4.78 is 5.46. The first-order valence-corrected chi connectivity index (χ1v) is 7.95. The third-order valence-electron chi connectivity index (χ3n) is 3.64. The Bertz CT molecular complexity index is 612. The van der Waals surface area contributed by atoms with E-state index < -0.39 is 0 Å². The van der Waals surface area contributed by atoms with Crippen molar-refractivity contribution in [3.8, 4) is 0 Å². The molecular weight excluding hydrogens is 270 g/mol. The van der Waals surface area contributed by atoms with Crippen molar-refractivity contribution in [3.05, 3.63) is 36.1 Å². The zero-order valence-electron chi connectivity index (χ0n) is 11.8. The molecule has 2 atom stereocenters. The second-order valence-corrected chi connectivity index (χ2v) is 7.40. The highest BCUT2D eigenvalue weighted by Crippen LogP contribution is 2.26. The van der Waals surface area contributed by atoms with Crippen molar-refractivity contribution < 1.29 is 9.21 Å². The molecule has 0 bridgehead atoms. The molecule has 0 radical (unpaired) electrons. The number of furan rings is 1. The number of carbonyl (C=O) groups is 1. The number of hydrogen-bond donors (Lipinski definition) is 0. The fraction of sp³-hybridized carbons (Fsp3) is 0.438. The van der Waals surface area contributed by atoms with Gasteiger partial charge in [0.1, 0.15) is 11.8 Å². The van der Waals surface area contributed by atoms with Gasteiger partial charge in [0.15, 0.2) is 5.78 Å². The average molecular weight is 289 g/mol. The Kier molecular flexibility index (Phi) is 3.85. The molecule has 1 aliphatic rings. The van der Waals surface area contributed by atoms with Gasteiger partial charge in [0.05, 0.1) is 12.1 Å². The molecule has 1 fully saturated rings.